The lowest BCUT2D eigenvalue weighted by Crippen LogP contribution is -2.69. The van der Waals surface area contributed by atoms with E-state index in [-0.39, 0.29) is 41.1 Å². The number of aliphatic carboxylic acids is 1. The minimum atomic E-state index is -4.58. The molecule has 0 amide bonds. The predicted octanol–water partition coefficient (Wildman–Crippen LogP) is 8.79. The van der Waals surface area contributed by atoms with Crippen molar-refractivity contribution in [3.05, 3.63) is 29.6 Å². The van der Waals surface area contributed by atoms with Gasteiger partial charge in [0.15, 0.2) is 0 Å². The van der Waals surface area contributed by atoms with E-state index in [0.29, 0.717) is 32.0 Å². The zero-order valence-corrected chi connectivity index (χ0v) is 32.0. The Kier molecular flexibility index (Phi) is 9.12. The number of allylic oxidation sites excluding steroid dienone is 1. The fourth-order valence-electron chi connectivity index (χ4n) is 12.4. The molecule has 2 bridgehead atoms. The molecule has 2 heterocycles. The molecule has 12 atom stereocenters. The van der Waals surface area contributed by atoms with Crippen LogP contribution in [0, 0.1) is 62.6 Å². The Bertz CT molecular complexity index is 1500. The maximum Gasteiger partial charge on any atom is 0.433 e. The highest BCUT2D eigenvalue weighted by molar-refractivity contribution is 5.73. The zero-order chi connectivity index (χ0) is 37.0. The molecule has 4 aliphatic carbocycles. The van der Waals surface area contributed by atoms with E-state index < -0.39 is 57.7 Å². The second-order valence-electron chi connectivity index (χ2n) is 19.2. The molecule has 10 heteroatoms. The van der Waals surface area contributed by atoms with Crippen molar-refractivity contribution >= 4 is 5.97 Å². The molecule has 7 nitrogen and oxygen atoms in total. The second kappa shape index (κ2) is 12.1. The largest absolute Gasteiger partial charge is 0.481 e. The van der Waals surface area contributed by atoms with Crippen LogP contribution < -0.4 is 5.73 Å². The number of alkyl halides is 3. The van der Waals surface area contributed by atoms with E-state index in [9.17, 15) is 23.1 Å². The Balaban J connectivity index is 1.48. The van der Waals surface area contributed by atoms with Gasteiger partial charge in [-0.2, -0.15) is 18.3 Å². The molecule has 282 valence electrons. The number of aromatic nitrogens is 2. The molecule has 3 saturated carbocycles. The Morgan fingerprint density at radius 2 is 1.78 bits per heavy atom. The van der Waals surface area contributed by atoms with E-state index in [4.69, 9.17) is 15.2 Å². The molecule has 6 rings (SSSR count). The highest BCUT2D eigenvalue weighted by Crippen LogP contribution is 2.75. The fraction of sp³-hybridized carbons (Fsp3) is 0.850. The number of carboxylic acids is 1. The normalized spacial score (nSPS) is 43.4. The Morgan fingerprint density at radius 3 is 2.38 bits per heavy atom. The van der Waals surface area contributed by atoms with Gasteiger partial charge in [-0.25, -0.2) is 0 Å². The number of carbonyl (C=O) groups is 1. The van der Waals surface area contributed by atoms with Gasteiger partial charge in [-0.3, -0.25) is 9.48 Å². The van der Waals surface area contributed by atoms with Gasteiger partial charge in [0.1, 0.15) is 5.69 Å². The highest BCUT2D eigenvalue weighted by atomic mass is 19.4. The first-order valence-electron chi connectivity index (χ1n) is 19.0. The minimum Gasteiger partial charge on any atom is -0.481 e. The molecule has 5 aliphatic rings. The van der Waals surface area contributed by atoms with Crippen LogP contribution >= 0.6 is 0 Å². The number of halogens is 3. The fourth-order valence-corrected chi connectivity index (χ4v) is 12.4. The third-order valence-electron chi connectivity index (χ3n) is 16.3. The number of nitrogens with two attached hydrogens (primary N) is 1. The lowest BCUT2D eigenvalue weighted by molar-refractivity contribution is -0.254. The van der Waals surface area contributed by atoms with Crippen molar-refractivity contribution in [3.63, 3.8) is 0 Å². The number of nitrogens with zero attached hydrogens (tertiary/aromatic N) is 2. The zero-order valence-electron chi connectivity index (χ0n) is 32.0. The van der Waals surface area contributed by atoms with Gasteiger partial charge < -0.3 is 20.3 Å². The molecule has 0 spiro atoms. The van der Waals surface area contributed by atoms with Crippen molar-refractivity contribution in [2.24, 2.45) is 68.3 Å². The smallest absolute Gasteiger partial charge is 0.433 e. The van der Waals surface area contributed by atoms with Crippen LogP contribution in [-0.4, -0.2) is 52.3 Å². The van der Waals surface area contributed by atoms with Gasteiger partial charge in [0, 0.05) is 22.6 Å². The van der Waals surface area contributed by atoms with E-state index in [2.05, 4.69) is 59.6 Å². The van der Waals surface area contributed by atoms with Gasteiger partial charge >= 0.3 is 12.1 Å². The summed E-state index contributed by atoms with van der Waals surface area (Å²) in [6.07, 6.45) is 2.97. The number of fused-ring (bicyclic) bond motifs is 3. The Morgan fingerprint density at radius 1 is 1.10 bits per heavy atom. The van der Waals surface area contributed by atoms with Crippen molar-refractivity contribution in [1.82, 2.24) is 9.78 Å². The minimum absolute atomic E-state index is 0.0999. The van der Waals surface area contributed by atoms with E-state index in [0.717, 1.165) is 31.7 Å². The van der Waals surface area contributed by atoms with E-state index in [1.54, 1.807) is 0 Å². The number of hydrogen-bond acceptors (Lipinski definition) is 5. The summed E-state index contributed by atoms with van der Waals surface area (Å²) >= 11 is 0. The first kappa shape index (κ1) is 37.8. The lowest BCUT2D eigenvalue weighted by Gasteiger charge is -2.71. The van der Waals surface area contributed by atoms with Gasteiger partial charge in [-0.15, -0.1) is 0 Å². The van der Waals surface area contributed by atoms with Crippen LogP contribution in [0.15, 0.2) is 23.9 Å². The van der Waals surface area contributed by atoms with Gasteiger partial charge in [-0.1, -0.05) is 74.0 Å². The van der Waals surface area contributed by atoms with Crippen molar-refractivity contribution in [3.8, 4) is 0 Å². The number of carboxylic acid groups (broad SMARTS) is 1. The third-order valence-corrected chi connectivity index (χ3v) is 16.3. The molecule has 0 unspecified atom stereocenters. The molecule has 3 N–H and O–H groups in total. The van der Waals surface area contributed by atoms with E-state index in [1.807, 2.05) is 20.8 Å². The quantitative estimate of drug-likeness (QED) is 0.263. The molecule has 1 saturated heterocycles. The topological polar surface area (TPSA) is 99.6 Å². The van der Waals surface area contributed by atoms with Crippen LogP contribution in [0.2, 0.25) is 0 Å². The van der Waals surface area contributed by atoms with Gasteiger partial charge in [-0.05, 0) is 97.3 Å². The molecular formula is C40H62F3N3O4. The molecule has 1 aliphatic heterocycles. The Labute approximate surface area is 297 Å². The number of ether oxygens (including phenoxy) is 2. The molecule has 4 fully saturated rings. The average Bonchev–Trinajstić information content (AvgIpc) is 3.51. The van der Waals surface area contributed by atoms with Gasteiger partial charge in [0.2, 0.25) is 0 Å². The molecule has 1 aromatic heterocycles. The predicted molar refractivity (Wildman–Crippen MR) is 187 cm³/mol. The summed E-state index contributed by atoms with van der Waals surface area (Å²) in [6, 6.07) is 0.374. The van der Waals surface area contributed by atoms with Crippen molar-refractivity contribution in [1.29, 1.82) is 0 Å². The summed E-state index contributed by atoms with van der Waals surface area (Å²) in [4.78, 5) is 13.4. The number of rotatable bonds is 8. The van der Waals surface area contributed by atoms with Crippen LogP contribution in [-0.2, 0) is 20.4 Å². The van der Waals surface area contributed by atoms with Crippen molar-refractivity contribution in [2.75, 3.05) is 19.8 Å². The SMILES string of the molecule is CC(C)[C@@H](C)[C@@]1(C)CC[C@]2(C)[C@H]3CC[C@@H]4[C@@]5(COC[C@@]4(C)[C@@H](OC[C@](C)(N)C(C)C)[C@H](n4nccc4C(F)(F)F)C5)C3=CC[C@@]2(C)[C@@H]1C(=O)O. The van der Waals surface area contributed by atoms with Crippen molar-refractivity contribution < 1.29 is 32.5 Å². The summed E-state index contributed by atoms with van der Waals surface area (Å²) in [5.74, 6) is -0.316. The molecule has 0 radical (unpaired) electrons. The second-order valence-corrected chi connectivity index (χ2v) is 19.2. The van der Waals surface area contributed by atoms with Crippen LogP contribution in [0.1, 0.15) is 119 Å². The van der Waals surface area contributed by atoms with Crippen LogP contribution in [0.4, 0.5) is 13.2 Å². The van der Waals surface area contributed by atoms with Crippen LogP contribution in [0.25, 0.3) is 0 Å². The van der Waals surface area contributed by atoms with Crippen LogP contribution in [0.3, 0.4) is 0 Å². The summed E-state index contributed by atoms with van der Waals surface area (Å²) in [5.41, 5.74) is 4.27. The lowest BCUT2D eigenvalue weighted by atomic mass is 9.34. The van der Waals surface area contributed by atoms with Gasteiger partial charge in [0.05, 0.1) is 37.9 Å². The molecular weight excluding hydrogens is 643 g/mol. The maximum atomic E-state index is 14.6. The average molecular weight is 706 g/mol. The third kappa shape index (κ3) is 5.21. The van der Waals surface area contributed by atoms with E-state index >= 15 is 0 Å². The number of hydrogen-bond donors (Lipinski definition) is 2. The Hall–Kier alpha value is -1.91. The highest BCUT2D eigenvalue weighted by Gasteiger charge is 2.72. The standard InChI is InChI=1S/C40H62F3N3O4/c1-23(2)25(5)34(6)16-17-36(8)26-11-12-29-35(7)20-49-22-39(29,27(26)13-15-37(36,9)31(34)33(47)48)19-28(32(35)50-21-38(10,44)24(3)4)46-30(14-18-45-46)40(41,42)43/h13-14,18,23-26,28-29,31-32H,11-12,15-17,19-22,44H2,1-10H3,(H,47,48)/t25-,26+,28-,29+,31-,32+,34-,35-,36-,37+,38+,39+/m1/s1. The summed E-state index contributed by atoms with van der Waals surface area (Å²) in [5, 5.41) is 15.4. The van der Waals surface area contributed by atoms with Crippen molar-refractivity contribution in [2.45, 2.75) is 132 Å². The van der Waals surface area contributed by atoms with Crippen LogP contribution in [0.5, 0.6) is 0 Å². The first-order chi connectivity index (χ1) is 23.0. The summed E-state index contributed by atoms with van der Waals surface area (Å²) < 4.78 is 58.3. The molecule has 50 heavy (non-hydrogen) atoms. The molecule has 1 aromatic rings. The summed E-state index contributed by atoms with van der Waals surface area (Å²) in [6.45, 7) is 22.5. The summed E-state index contributed by atoms with van der Waals surface area (Å²) in [7, 11) is 0. The maximum absolute atomic E-state index is 14.6. The van der Waals surface area contributed by atoms with E-state index in [1.165, 1.54) is 16.5 Å². The monoisotopic (exact) mass is 705 g/mol. The first-order valence-corrected chi connectivity index (χ1v) is 19.0. The molecule has 0 aromatic carbocycles. The van der Waals surface area contributed by atoms with Gasteiger partial charge in [0.25, 0.3) is 0 Å².